The maximum absolute atomic E-state index is 5.38. The van der Waals surface area contributed by atoms with Crippen LogP contribution in [0.2, 0.25) is 0 Å². The van der Waals surface area contributed by atoms with E-state index in [0.29, 0.717) is 10.2 Å². The summed E-state index contributed by atoms with van der Waals surface area (Å²) in [5, 5.41) is 0. The van der Waals surface area contributed by atoms with Gasteiger partial charge in [0.1, 0.15) is 5.75 Å². The number of para-hydroxylation sites is 1. The number of ether oxygens (including phenoxy) is 1. The van der Waals surface area contributed by atoms with Crippen molar-refractivity contribution in [3.8, 4) is 5.75 Å². The van der Waals surface area contributed by atoms with Crippen LogP contribution in [0.5, 0.6) is 5.75 Å². The van der Waals surface area contributed by atoms with Crippen molar-refractivity contribution in [2.75, 3.05) is 7.11 Å². The second kappa shape index (κ2) is 4.17. The van der Waals surface area contributed by atoms with E-state index in [9.17, 15) is 0 Å². The van der Waals surface area contributed by atoms with Crippen LogP contribution in [0.1, 0.15) is 25.3 Å². The first-order valence-corrected chi connectivity index (χ1v) is 6.35. The lowest BCUT2D eigenvalue weighted by atomic mass is 9.93. The summed E-state index contributed by atoms with van der Waals surface area (Å²) in [6.07, 6.45) is 3.79. The van der Waals surface area contributed by atoms with Crippen molar-refractivity contribution in [2.24, 2.45) is 5.41 Å². The zero-order valence-corrected chi connectivity index (χ0v) is 10.9. The van der Waals surface area contributed by atoms with Crippen LogP contribution >= 0.6 is 15.9 Å². The Kier molecular flexibility index (Phi) is 3.06. The lowest BCUT2D eigenvalue weighted by molar-refractivity contribution is 0.401. The van der Waals surface area contributed by atoms with Gasteiger partial charge >= 0.3 is 0 Å². The minimum absolute atomic E-state index is 0.481. The van der Waals surface area contributed by atoms with Crippen LogP contribution in [0.3, 0.4) is 0 Å². The van der Waals surface area contributed by atoms with E-state index in [-0.39, 0.29) is 0 Å². The van der Waals surface area contributed by atoms with Gasteiger partial charge in [-0.05, 0) is 36.3 Å². The Morgan fingerprint density at radius 1 is 1.40 bits per heavy atom. The summed E-state index contributed by atoms with van der Waals surface area (Å²) in [5.74, 6) is 1.02. The average molecular weight is 269 g/mol. The molecular formula is C13H17BrO. The van der Waals surface area contributed by atoms with E-state index >= 15 is 0 Å². The molecule has 0 heterocycles. The molecule has 2 rings (SSSR count). The van der Waals surface area contributed by atoms with Crippen LogP contribution in [-0.2, 0) is 6.42 Å². The minimum Gasteiger partial charge on any atom is -0.496 e. The molecular weight excluding hydrogens is 252 g/mol. The molecule has 0 saturated heterocycles. The summed E-state index contributed by atoms with van der Waals surface area (Å²) < 4.78 is 5.38. The number of hydrogen-bond donors (Lipinski definition) is 0. The molecule has 0 N–H and O–H groups in total. The first-order valence-electron chi connectivity index (χ1n) is 5.44. The lowest BCUT2D eigenvalue weighted by Gasteiger charge is -2.19. The molecule has 1 saturated carbocycles. The highest BCUT2D eigenvalue weighted by Gasteiger charge is 2.46. The van der Waals surface area contributed by atoms with Crippen molar-refractivity contribution in [1.29, 1.82) is 0 Å². The first kappa shape index (κ1) is 11.0. The summed E-state index contributed by atoms with van der Waals surface area (Å²) in [6, 6.07) is 8.34. The molecule has 0 spiro atoms. The molecule has 1 aromatic rings. The average Bonchev–Trinajstić information content (AvgIpc) is 3.00. The summed E-state index contributed by atoms with van der Waals surface area (Å²) in [4.78, 5) is 0.593. The largest absolute Gasteiger partial charge is 0.496 e. The van der Waals surface area contributed by atoms with Crippen molar-refractivity contribution in [3.63, 3.8) is 0 Å². The molecule has 1 atom stereocenters. The molecule has 2 heteroatoms. The van der Waals surface area contributed by atoms with Crippen LogP contribution in [0, 0.1) is 5.41 Å². The number of alkyl halides is 1. The van der Waals surface area contributed by atoms with E-state index in [2.05, 4.69) is 35.0 Å². The van der Waals surface area contributed by atoms with Gasteiger partial charge in [0.05, 0.1) is 7.11 Å². The van der Waals surface area contributed by atoms with E-state index in [4.69, 9.17) is 4.74 Å². The molecule has 0 bridgehead atoms. The number of hydrogen-bond acceptors (Lipinski definition) is 1. The van der Waals surface area contributed by atoms with E-state index < -0.39 is 0 Å². The molecule has 1 fully saturated rings. The maximum Gasteiger partial charge on any atom is 0.122 e. The zero-order valence-electron chi connectivity index (χ0n) is 9.29. The summed E-state index contributed by atoms with van der Waals surface area (Å²) in [6.45, 7) is 2.25. The highest BCUT2D eigenvalue weighted by Crippen LogP contribution is 2.54. The Labute approximate surface area is 100.0 Å². The Balaban J connectivity index is 2.17. The van der Waals surface area contributed by atoms with Gasteiger partial charge < -0.3 is 4.74 Å². The third-order valence-corrected chi connectivity index (χ3v) is 4.44. The number of methoxy groups -OCH3 is 1. The Morgan fingerprint density at radius 2 is 2.07 bits per heavy atom. The first-order chi connectivity index (χ1) is 7.18. The van der Waals surface area contributed by atoms with Crippen molar-refractivity contribution >= 4 is 15.9 Å². The molecule has 1 unspecified atom stereocenters. The highest BCUT2D eigenvalue weighted by molar-refractivity contribution is 9.09. The molecule has 0 amide bonds. The standard InChI is InChI=1S/C13H17BrO/c1-10(14)13(7-8-13)9-11-5-3-4-6-12(11)15-2/h3-6,10H,7-9H2,1-2H3. The van der Waals surface area contributed by atoms with Gasteiger partial charge in [-0.3, -0.25) is 0 Å². The van der Waals surface area contributed by atoms with Crippen LogP contribution in [0.25, 0.3) is 0 Å². The number of rotatable bonds is 4. The van der Waals surface area contributed by atoms with Crippen LogP contribution < -0.4 is 4.74 Å². The van der Waals surface area contributed by atoms with Gasteiger partial charge in [0.25, 0.3) is 0 Å². The molecule has 0 radical (unpaired) electrons. The fraction of sp³-hybridized carbons (Fsp3) is 0.538. The van der Waals surface area contributed by atoms with Gasteiger partial charge in [0.2, 0.25) is 0 Å². The summed E-state index contributed by atoms with van der Waals surface area (Å²) in [5.41, 5.74) is 1.82. The molecule has 0 aliphatic heterocycles. The van der Waals surface area contributed by atoms with Crippen LogP contribution in [0.4, 0.5) is 0 Å². The summed E-state index contributed by atoms with van der Waals surface area (Å²) >= 11 is 3.72. The molecule has 1 nitrogen and oxygen atoms in total. The number of benzene rings is 1. The minimum atomic E-state index is 0.481. The topological polar surface area (TPSA) is 9.23 Å². The number of halogens is 1. The zero-order chi connectivity index (χ0) is 10.9. The van der Waals surface area contributed by atoms with Gasteiger partial charge in [-0.25, -0.2) is 0 Å². The normalized spacial score (nSPS) is 19.7. The molecule has 82 valence electrons. The quantitative estimate of drug-likeness (QED) is 0.755. The van der Waals surface area contributed by atoms with Crippen molar-refractivity contribution in [2.45, 2.75) is 31.0 Å². The van der Waals surface area contributed by atoms with Gasteiger partial charge in [-0.1, -0.05) is 41.1 Å². The van der Waals surface area contributed by atoms with E-state index in [1.54, 1.807) is 7.11 Å². The predicted molar refractivity (Wildman–Crippen MR) is 66.8 cm³/mol. The molecule has 1 aliphatic rings. The smallest absolute Gasteiger partial charge is 0.122 e. The molecule has 1 aliphatic carbocycles. The highest BCUT2D eigenvalue weighted by atomic mass is 79.9. The fourth-order valence-electron chi connectivity index (χ4n) is 2.10. The fourth-order valence-corrected chi connectivity index (χ4v) is 2.72. The van der Waals surface area contributed by atoms with Gasteiger partial charge in [0, 0.05) is 4.83 Å². The Morgan fingerprint density at radius 3 is 2.60 bits per heavy atom. The van der Waals surface area contributed by atoms with Gasteiger partial charge in [0.15, 0.2) is 0 Å². The van der Waals surface area contributed by atoms with Crippen molar-refractivity contribution < 1.29 is 4.74 Å². The van der Waals surface area contributed by atoms with Crippen molar-refractivity contribution in [1.82, 2.24) is 0 Å². The Bertz CT molecular complexity index is 342. The Hall–Kier alpha value is -0.500. The van der Waals surface area contributed by atoms with E-state index in [1.807, 2.05) is 12.1 Å². The molecule has 0 aromatic heterocycles. The summed E-state index contributed by atoms with van der Waals surface area (Å²) in [7, 11) is 1.75. The van der Waals surface area contributed by atoms with Gasteiger partial charge in [-0.2, -0.15) is 0 Å². The predicted octanol–water partition coefficient (Wildman–Crippen LogP) is 3.80. The molecule has 15 heavy (non-hydrogen) atoms. The third kappa shape index (κ3) is 2.20. The van der Waals surface area contributed by atoms with E-state index in [0.717, 1.165) is 12.2 Å². The second-order valence-corrected chi connectivity index (χ2v) is 5.84. The van der Waals surface area contributed by atoms with Crippen molar-refractivity contribution in [3.05, 3.63) is 29.8 Å². The van der Waals surface area contributed by atoms with E-state index in [1.165, 1.54) is 18.4 Å². The SMILES string of the molecule is COc1ccccc1CC1(C(C)Br)CC1. The second-order valence-electron chi connectivity index (χ2n) is 4.47. The van der Waals surface area contributed by atoms with Gasteiger partial charge in [-0.15, -0.1) is 0 Å². The third-order valence-electron chi connectivity index (χ3n) is 3.47. The maximum atomic E-state index is 5.38. The molecule has 1 aromatic carbocycles. The van der Waals surface area contributed by atoms with Crippen LogP contribution in [0.15, 0.2) is 24.3 Å². The van der Waals surface area contributed by atoms with Crippen LogP contribution in [-0.4, -0.2) is 11.9 Å². The monoisotopic (exact) mass is 268 g/mol. The lowest BCUT2D eigenvalue weighted by Crippen LogP contribution is -2.15.